The lowest BCUT2D eigenvalue weighted by Crippen LogP contribution is -1.99. The summed E-state index contributed by atoms with van der Waals surface area (Å²) >= 11 is 5.08. The van der Waals surface area contributed by atoms with Crippen LogP contribution in [0.25, 0.3) is 42.6 Å². The summed E-state index contributed by atoms with van der Waals surface area (Å²) in [6, 6.07) is 55.7. The normalized spacial score (nSPS) is 11.5. The summed E-state index contributed by atoms with van der Waals surface area (Å²) < 4.78 is 23.3. The van der Waals surface area contributed by atoms with E-state index >= 15 is 0 Å². The number of hydrogen-bond acceptors (Lipinski definition) is 13. The second-order valence-electron chi connectivity index (χ2n) is 16.4. The van der Waals surface area contributed by atoms with Crippen molar-refractivity contribution in [3.8, 4) is 21.9 Å². The number of rotatable bonds is 11. The van der Waals surface area contributed by atoms with E-state index in [1.165, 1.54) is 33.7 Å². The number of benzene rings is 6. The minimum Gasteiger partial charge on any atom is -0.489 e. The molecule has 0 N–H and O–H groups in total. The van der Waals surface area contributed by atoms with Gasteiger partial charge in [-0.05, 0) is 95.1 Å². The molecule has 1 aliphatic heterocycles. The highest BCUT2D eigenvalue weighted by molar-refractivity contribution is 7.99. The van der Waals surface area contributed by atoms with Gasteiger partial charge >= 0.3 is 11.3 Å². The SMILES string of the molecule is C1=Nc2c(ncnc2SC(c2ccccc2)c2ccccc2)C1.Cc1cc(=O)oc2cc(OCc3ccc(-c4cccs4)cc3)ccc12.Cc1cc(=O)oc2cc(OCc3nc4ccccc4s3)ccc12. The van der Waals surface area contributed by atoms with Crippen LogP contribution in [0.3, 0.4) is 0 Å². The second-order valence-corrected chi connectivity index (χ2v) is 19.6. The van der Waals surface area contributed by atoms with Gasteiger partial charge in [-0.2, -0.15) is 0 Å². The number of thiazole rings is 1. The molecule has 0 saturated carbocycles. The monoisotopic (exact) mass is 988 g/mol. The molecule has 11 aromatic rings. The number of aromatic nitrogens is 3. The van der Waals surface area contributed by atoms with Crippen LogP contribution in [-0.2, 0) is 19.6 Å². The Morgan fingerprint density at radius 3 is 1.89 bits per heavy atom. The Labute approximate surface area is 421 Å². The van der Waals surface area contributed by atoms with E-state index in [4.69, 9.17) is 18.3 Å². The number of aliphatic imine (C=N–C) groups is 1. The lowest BCUT2D eigenvalue weighted by molar-refractivity contribution is 0.305. The first kappa shape index (κ1) is 46.7. The van der Waals surface area contributed by atoms with Crippen molar-refractivity contribution in [2.24, 2.45) is 4.99 Å². The van der Waals surface area contributed by atoms with Gasteiger partial charge in [0.15, 0.2) is 0 Å². The number of hydrogen-bond donors (Lipinski definition) is 0. The van der Waals surface area contributed by atoms with Crippen molar-refractivity contribution in [3.05, 3.63) is 241 Å². The first-order valence-corrected chi connectivity index (χ1v) is 25.3. The van der Waals surface area contributed by atoms with Crippen LogP contribution in [0.5, 0.6) is 11.5 Å². The van der Waals surface area contributed by atoms with Gasteiger partial charge in [-0.15, -0.1) is 22.7 Å². The van der Waals surface area contributed by atoms with Crippen molar-refractivity contribution >= 4 is 78.5 Å². The molecule has 13 heteroatoms. The molecular weight excluding hydrogens is 945 g/mol. The van der Waals surface area contributed by atoms with E-state index in [0.29, 0.717) is 35.9 Å². The van der Waals surface area contributed by atoms with Crippen LogP contribution in [0.15, 0.2) is 210 Å². The van der Waals surface area contributed by atoms with Gasteiger partial charge in [0.05, 0.1) is 21.2 Å². The van der Waals surface area contributed by atoms with Gasteiger partial charge in [0, 0.05) is 52.6 Å². The zero-order chi connectivity index (χ0) is 48.5. The predicted octanol–water partition coefficient (Wildman–Crippen LogP) is 14.3. The van der Waals surface area contributed by atoms with Crippen LogP contribution in [0.2, 0.25) is 0 Å². The number of para-hydroxylation sites is 1. The van der Waals surface area contributed by atoms with Crippen LogP contribution in [-0.4, -0.2) is 21.2 Å². The molecule has 0 radical (unpaired) electrons. The molecule has 6 heterocycles. The molecule has 1 aliphatic rings. The lowest BCUT2D eigenvalue weighted by atomic mass is 10.0. The van der Waals surface area contributed by atoms with Crippen molar-refractivity contribution in [1.29, 1.82) is 0 Å². The van der Waals surface area contributed by atoms with Gasteiger partial charge in [0.2, 0.25) is 0 Å². The standard InChI is InChI=1S/C21H16O3S.C19H15N3S.C18H13NO3S/c1-14-11-21(22)24-19-12-17(8-9-18(14)19)23-13-15-4-6-16(7-5-15)20-3-2-10-25-20;1-3-7-14(8-4-1)18(15-9-5-2-6-10-15)23-19-17-16(11-12-20-17)21-13-22-19;1-11-8-18(20)22-15-9-12(6-7-13(11)15)21-10-17-19-14-4-2-3-5-16(14)23-17/h2-12H,13H2,1H3;1-10,12-13,18H,11H2;2-9H,10H2,1H3. The minimum atomic E-state index is -0.349. The van der Waals surface area contributed by atoms with Crippen LogP contribution in [0.4, 0.5) is 5.69 Å². The third-order valence-corrected chi connectivity index (χ3v) is 14.7. The van der Waals surface area contributed by atoms with Gasteiger partial charge < -0.3 is 18.3 Å². The summed E-state index contributed by atoms with van der Waals surface area (Å²) in [5, 5.41) is 5.96. The summed E-state index contributed by atoms with van der Waals surface area (Å²) in [5.74, 6) is 1.34. The molecule has 0 atom stereocenters. The highest BCUT2D eigenvalue weighted by atomic mass is 32.2. The molecule has 0 amide bonds. The maximum absolute atomic E-state index is 11.5. The number of aryl methyl sites for hydroxylation is 2. The smallest absolute Gasteiger partial charge is 0.336 e. The van der Waals surface area contributed by atoms with Gasteiger partial charge in [-0.25, -0.2) is 24.5 Å². The van der Waals surface area contributed by atoms with Gasteiger partial charge in [0.1, 0.15) is 57.9 Å². The summed E-state index contributed by atoms with van der Waals surface area (Å²) in [6.07, 6.45) is 4.35. The van der Waals surface area contributed by atoms with Crippen LogP contribution in [0.1, 0.15) is 43.8 Å². The highest BCUT2D eigenvalue weighted by Gasteiger charge is 2.21. The first-order valence-electron chi connectivity index (χ1n) is 22.7. The van der Waals surface area contributed by atoms with E-state index in [0.717, 1.165) is 65.5 Å². The molecule has 350 valence electrons. The van der Waals surface area contributed by atoms with Crippen LogP contribution >= 0.6 is 34.4 Å². The quantitative estimate of drug-likeness (QED) is 0.0701. The molecule has 5 aromatic heterocycles. The molecular formula is C58H44N4O6S3. The molecule has 6 aromatic carbocycles. The number of ether oxygens (including phenoxy) is 2. The predicted molar refractivity (Wildman–Crippen MR) is 287 cm³/mol. The Balaban J connectivity index is 0.000000123. The van der Waals surface area contributed by atoms with E-state index < -0.39 is 0 Å². The Morgan fingerprint density at radius 2 is 1.27 bits per heavy atom. The largest absolute Gasteiger partial charge is 0.489 e. The molecule has 0 saturated heterocycles. The van der Waals surface area contributed by atoms with Crippen molar-refractivity contribution < 1.29 is 18.3 Å². The fourth-order valence-corrected chi connectivity index (χ4v) is 10.8. The number of thiophene rings is 1. The minimum absolute atomic E-state index is 0.187. The van der Waals surface area contributed by atoms with Gasteiger partial charge in [-0.1, -0.05) is 115 Å². The van der Waals surface area contributed by atoms with E-state index in [1.807, 2.05) is 80.7 Å². The van der Waals surface area contributed by atoms with E-state index in [9.17, 15) is 9.59 Å². The highest BCUT2D eigenvalue weighted by Crippen LogP contribution is 2.44. The van der Waals surface area contributed by atoms with E-state index in [1.54, 1.807) is 52.9 Å². The third kappa shape index (κ3) is 11.4. The van der Waals surface area contributed by atoms with Gasteiger partial charge in [-0.3, -0.25) is 4.99 Å². The maximum atomic E-state index is 11.5. The summed E-state index contributed by atoms with van der Waals surface area (Å²) in [6.45, 7) is 4.64. The number of thioether (sulfide) groups is 1. The molecule has 0 bridgehead atoms. The van der Waals surface area contributed by atoms with E-state index in [2.05, 4.69) is 110 Å². The Bertz CT molecular complexity index is 3670. The molecule has 12 rings (SSSR count). The fraction of sp³-hybridized carbons (Fsp3) is 0.103. The molecule has 10 nitrogen and oxygen atoms in total. The molecule has 0 spiro atoms. The fourth-order valence-electron chi connectivity index (χ4n) is 7.97. The van der Waals surface area contributed by atoms with Crippen molar-refractivity contribution in [1.82, 2.24) is 15.0 Å². The summed E-state index contributed by atoms with van der Waals surface area (Å²) in [4.78, 5) is 42.1. The topological polar surface area (TPSA) is 130 Å². The Kier molecular flexibility index (Phi) is 14.3. The number of nitrogens with zero attached hydrogens (tertiary/aromatic N) is 4. The maximum Gasteiger partial charge on any atom is 0.336 e. The first-order chi connectivity index (χ1) is 34.8. The van der Waals surface area contributed by atoms with Gasteiger partial charge in [0.25, 0.3) is 0 Å². The van der Waals surface area contributed by atoms with Crippen molar-refractivity contribution in [2.75, 3.05) is 0 Å². The Morgan fingerprint density at radius 1 is 0.648 bits per heavy atom. The van der Waals surface area contributed by atoms with Crippen molar-refractivity contribution in [3.63, 3.8) is 0 Å². The summed E-state index contributed by atoms with van der Waals surface area (Å²) in [5.41, 5.74) is 9.95. The molecule has 0 unspecified atom stereocenters. The second kappa shape index (κ2) is 21.8. The molecule has 71 heavy (non-hydrogen) atoms. The molecule has 0 aliphatic carbocycles. The molecule has 0 fully saturated rings. The third-order valence-electron chi connectivity index (χ3n) is 11.5. The number of fused-ring (bicyclic) bond motifs is 4. The van der Waals surface area contributed by atoms with Crippen molar-refractivity contribution in [2.45, 2.75) is 43.8 Å². The van der Waals surface area contributed by atoms with Crippen LogP contribution < -0.4 is 20.7 Å². The van der Waals surface area contributed by atoms with E-state index in [-0.39, 0.29) is 16.5 Å². The zero-order valence-electron chi connectivity index (χ0n) is 38.6. The average Bonchev–Trinajstić information content (AvgIpc) is 4.20. The average molecular weight is 989 g/mol. The van der Waals surface area contributed by atoms with Crippen LogP contribution in [0, 0.1) is 13.8 Å². The summed E-state index contributed by atoms with van der Waals surface area (Å²) in [7, 11) is 0. The lowest BCUT2D eigenvalue weighted by Gasteiger charge is -2.18. The Hall–Kier alpha value is -7.97. The zero-order valence-corrected chi connectivity index (χ0v) is 41.0.